The standard InChI is InChI=1S/C10H18N4/c1-8(5-9-3-4-9)11-6-10-12-7-13-14(10)2/h7-9,11H,3-6H2,1-2H3. The lowest BCUT2D eigenvalue weighted by Crippen LogP contribution is -2.27. The van der Waals surface area contributed by atoms with Gasteiger partial charge < -0.3 is 5.32 Å². The third-order valence-corrected chi connectivity index (χ3v) is 2.80. The van der Waals surface area contributed by atoms with Crippen molar-refractivity contribution in [2.24, 2.45) is 13.0 Å². The van der Waals surface area contributed by atoms with Crippen molar-refractivity contribution >= 4 is 0 Å². The van der Waals surface area contributed by atoms with Crippen LogP contribution in [0.5, 0.6) is 0 Å². The minimum absolute atomic E-state index is 0.596. The van der Waals surface area contributed by atoms with Gasteiger partial charge in [0.15, 0.2) is 0 Å². The van der Waals surface area contributed by atoms with E-state index in [0.29, 0.717) is 6.04 Å². The highest BCUT2D eigenvalue weighted by atomic mass is 15.3. The maximum Gasteiger partial charge on any atom is 0.140 e. The van der Waals surface area contributed by atoms with Crippen LogP contribution in [0.3, 0.4) is 0 Å². The second kappa shape index (κ2) is 4.09. The molecule has 1 atom stereocenters. The van der Waals surface area contributed by atoms with Gasteiger partial charge in [-0.15, -0.1) is 0 Å². The van der Waals surface area contributed by atoms with E-state index in [2.05, 4.69) is 22.3 Å². The zero-order valence-corrected chi connectivity index (χ0v) is 8.90. The molecule has 0 amide bonds. The number of aryl methyl sites for hydroxylation is 1. The molecular formula is C10H18N4. The Hall–Kier alpha value is -0.900. The molecule has 4 heteroatoms. The summed E-state index contributed by atoms with van der Waals surface area (Å²) in [6.07, 6.45) is 5.76. The van der Waals surface area contributed by atoms with Gasteiger partial charge in [0.25, 0.3) is 0 Å². The van der Waals surface area contributed by atoms with E-state index in [9.17, 15) is 0 Å². The molecule has 1 aliphatic carbocycles. The molecule has 0 bridgehead atoms. The molecule has 1 heterocycles. The molecule has 78 valence electrons. The molecule has 0 spiro atoms. The van der Waals surface area contributed by atoms with Crippen molar-refractivity contribution in [3.05, 3.63) is 12.2 Å². The number of nitrogens with one attached hydrogen (secondary N) is 1. The fourth-order valence-electron chi connectivity index (χ4n) is 1.68. The van der Waals surface area contributed by atoms with Crippen molar-refractivity contribution in [1.82, 2.24) is 20.1 Å². The summed E-state index contributed by atoms with van der Waals surface area (Å²) >= 11 is 0. The minimum atomic E-state index is 0.596. The highest BCUT2D eigenvalue weighted by molar-refractivity contribution is 4.84. The number of hydrogen-bond donors (Lipinski definition) is 1. The van der Waals surface area contributed by atoms with Crippen LogP contribution in [0.4, 0.5) is 0 Å². The highest BCUT2D eigenvalue weighted by Gasteiger charge is 2.23. The number of hydrogen-bond acceptors (Lipinski definition) is 3. The smallest absolute Gasteiger partial charge is 0.140 e. The Kier molecular flexibility index (Phi) is 2.82. The monoisotopic (exact) mass is 194 g/mol. The van der Waals surface area contributed by atoms with Gasteiger partial charge >= 0.3 is 0 Å². The van der Waals surface area contributed by atoms with E-state index in [1.165, 1.54) is 19.3 Å². The fraction of sp³-hybridized carbons (Fsp3) is 0.800. The van der Waals surface area contributed by atoms with E-state index in [4.69, 9.17) is 0 Å². The first-order valence-electron chi connectivity index (χ1n) is 5.32. The first-order chi connectivity index (χ1) is 6.75. The third-order valence-electron chi connectivity index (χ3n) is 2.80. The van der Waals surface area contributed by atoms with Gasteiger partial charge in [0.2, 0.25) is 0 Å². The molecule has 0 saturated heterocycles. The average Bonchev–Trinajstić information content (AvgIpc) is 2.86. The van der Waals surface area contributed by atoms with Crippen LogP contribution in [0.15, 0.2) is 6.33 Å². The first-order valence-corrected chi connectivity index (χ1v) is 5.32. The molecule has 1 aliphatic rings. The molecule has 0 radical (unpaired) electrons. The summed E-state index contributed by atoms with van der Waals surface area (Å²) in [5.74, 6) is 1.99. The molecule has 4 nitrogen and oxygen atoms in total. The van der Waals surface area contributed by atoms with E-state index in [1.807, 2.05) is 11.7 Å². The summed E-state index contributed by atoms with van der Waals surface area (Å²) in [6, 6.07) is 0.596. The van der Waals surface area contributed by atoms with Crippen LogP contribution < -0.4 is 5.32 Å². The molecular weight excluding hydrogens is 176 g/mol. The first kappa shape index (κ1) is 9.65. The van der Waals surface area contributed by atoms with Gasteiger partial charge in [0, 0.05) is 13.1 Å². The van der Waals surface area contributed by atoms with Crippen LogP contribution in [-0.2, 0) is 13.6 Å². The molecule has 0 aliphatic heterocycles. The number of aromatic nitrogens is 3. The Morgan fingerprint density at radius 2 is 2.43 bits per heavy atom. The predicted molar refractivity (Wildman–Crippen MR) is 54.6 cm³/mol. The van der Waals surface area contributed by atoms with E-state index < -0.39 is 0 Å². The van der Waals surface area contributed by atoms with Crippen LogP contribution >= 0.6 is 0 Å². The Morgan fingerprint density at radius 1 is 1.64 bits per heavy atom. The summed E-state index contributed by atoms with van der Waals surface area (Å²) < 4.78 is 1.82. The molecule has 2 rings (SSSR count). The molecule has 1 saturated carbocycles. The van der Waals surface area contributed by atoms with Crippen LogP contribution in [0.25, 0.3) is 0 Å². The quantitative estimate of drug-likeness (QED) is 0.763. The van der Waals surface area contributed by atoms with Gasteiger partial charge in [-0.1, -0.05) is 12.8 Å². The Balaban J connectivity index is 1.73. The zero-order valence-electron chi connectivity index (χ0n) is 8.90. The Morgan fingerprint density at radius 3 is 3.00 bits per heavy atom. The molecule has 1 aromatic heterocycles. The third kappa shape index (κ3) is 2.54. The van der Waals surface area contributed by atoms with Crippen molar-refractivity contribution in [2.75, 3.05) is 0 Å². The molecule has 1 N–H and O–H groups in total. The van der Waals surface area contributed by atoms with Crippen molar-refractivity contribution in [3.63, 3.8) is 0 Å². The van der Waals surface area contributed by atoms with Gasteiger partial charge in [-0.25, -0.2) is 4.98 Å². The Bertz CT molecular complexity index is 290. The van der Waals surface area contributed by atoms with Crippen LogP contribution in [0.2, 0.25) is 0 Å². The van der Waals surface area contributed by atoms with Crippen LogP contribution in [0, 0.1) is 5.92 Å². The molecule has 1 aromatic rings. The summed E-state index contributed by atoms with van der Waals surface area (Å²) in [7, 11) is 1.93. The zero-order chi connectivity index (χ0) is 9.97. The number of rotatable bonds is 5. The Labute approximate surface area is 84.7 Å². The minimum Gasteiger partial charge on any atom is -0.307 e. The summed E-state index contributed by atoms with van der Waals surface area (Å²) in [6.45, 7) is 3.07. The molecule has 1 unspecified atom stereocenters. The van der Waals surface area contributed by atoms with Crippen LogP contribution in [0.1, 0.15) is 32.0 Å². The second-order valence-electron chi connectivity index (χ2n) is 4.26. The SMILES string of the molecule is CC(CC1CC1)NCc1ncnn1C. The molecule has 14 heavy (non-hydrogen) atoms. The van der Waals surface area contributed by atoms with Crippen molar-refractivity contribution in [3.8, 4) is 0 Å². The predicted octanol–water partition coefficient (Wildman–Crippen LogP) is 1.09. The van der Waals surface area contributed by atoms with Gasteiger partial charge in [-0.3, -0.25) is 4.68 Å². The second-order valence-corrected chi connectivity index (χ2v) is 4.26. The van der Waals surface area contributed by atoms with Gasteiger partial charge in [-0.2, -0.15) is 5.10 Å². The van der Waals surface area contributed by atoms with Gasteiger partial charge in [-0.05, 0) is 19.3 Å². The van der Waals surface area contributed by atoms with E-state index >= 15 is 0 Å². The maximum atomic E-state index is 4.17. The topological polar surface area (TPSA) is 42.7 Å². The lowest BCUT2D eigenvalue weighted by Gasteiger charge is -2.12. The molecule has 0 aromatic carbocycles. The van der Waals surface area contributed by atoms with Crippen molar-refractivity contribution in [1.29, 1.82) is 0 Å². The van der Waals surface area contributed by atoms with Crippen molar-refractivity contribution < 1.29 is 0 Å². The van der Waals surface area contributed by atoms with Gasteiger partial charge in [0.05, 0.1) is 6.54 Å². The fourth-order valence-corrected chi connectivity index (χ4v) is 1.68. The summed E-state index contributed by atoms with van der Waals surface area (Å²) in [4.78, 5) is 4.17. The van der Waals surface area contributed by atoms with E-state index in [-0.39, 0.29) is 0 Å². The van der Waals surface area contributed by atoms with Crippen LogP contribution in [-0.4, -0.2) is 20.8 Å². The summed E-state index contributed by atoms with van der Waals surface area (Å²) in [5.41, 5.74) is 0. The van der Waals surface area contributed by atoms with E-state index in [1.54, 1.807) is 6.33 Å². The van der Waals surface area contributed by atoms with Gasteiger partial charge in [0.1, 0.15) is 12.2 Å². The summed E-state index contributed by atoms with van der Waals surface area (Å²) in [5, 5.41) is 7.51. The lowest BCUT2D eigenvalue weighted by molar-refractivity contribution is 0.472. The highest BCUT2D eigenvalue weighted by Crippen LogP contribution is 2.33. The van der Waals surface area contributed by atoms with E-state index in [0.717, 1.165) is 18.3 Å². The number of nitrogens with zero attached hydrogens (tertiary/aromatic N) is 3. The molecule has 1 fully saturated rings. The lowest BCUT2D eigenvalue weighted by atomic mass is 10.1. The maximum absolute atomic E-state index is 4.17. The average molecular weight is 194 g/mol. The largest absolute Gasteiger partial charge is 0.307 e. The normalized spacial score (nSPS) is 18.4. The van der Waals surface area contributed by atoms with Crippen molar-refractivity contribution in [2.45, 2.75) is 38.8 Å².